The molecule has 1 aliphatic carbocycles. The van der Waals surface area contributed by atoms with Gasteiger partial charge in [0.05, 0.1) is 10.2 Å². The topological polar surface area (TPSA) is 48.5 Å². The third-order valence-corrected chi connectivity index (χ3v) is 6.85. The highest BCUT2D eigenvalue weighted by Crippen LogP contribution is 2.32. The number of carbonyl (C=O) groups is 1. The number of thiazole rings is 1. The van der Waals surface area contributed by atoms with Crippen LogP contribution in [-0.4, -0.2) is 48.1 Å². The maximum absolute atomic E-state index is 12.5. The Morgan fingerprint density at radius 2 is 1.85 bits per heavy atom. The van der Waals surface area contributed by atoms with E-state index in [2.05, 4.69) is 36.2 Å². The summed E-state index contributed by atoms with van der Waals surface area (Å²) in [5, 5.41) is 4.32. The van der Waals surface area contributed by atoms with E-state index in [4.69, 9.17) is 4.98 Å². The Bertz CT molecular complexity index is 788. The summed E-state index contributed by atoms with van der Waals surface area (Å²) in [6.07, 6.45) is 6.07. The summed E-state index contributed by atoms with van der Waals surface area (Å²) in [6, 6.07) is 4.88. The van der Waals surface area contributed by atoms with E-state index >= 15 is 0 Å². The van der Waals surface area contributed by atoms with Crippen molar-refractivity contribution in [1.82, 2.24) is 15.2 Å². The molecule has 1 aromatic heterocycles. The first-order valence-corrected chi connectivity index (χ1v) is 10.6. The zero-order chi connectivity index (χ0) is 18.1. The molecule has 1 saturated heterocycles. The molecule has 0 radical (unpaired) electrons. The van der Waals surface area contributed by atoms with Crippen molar-refractivity contribution in [2.45, 2.75) is 52.0 Å². The highest BCUT2D eigenvalue weighted by atomic mass is 32.1. The summed E-state index contributed by atoms with van der Waals surface area (Å²) in [5.74, 6) is 0. The maximum Gasteiger partial charge on any atom is 0.317 e. The van der Waals surface area contributed by atoms with Crippen molar-refractivity contribution in [2.24, 2.45) is 0 Å². The molecular formula is C20H28N4OS. The van der Waals surface area contributed by atoms with Crippen LogP contribution >= 0.6 is 11.3 Å². The second-order valence-corrected chi connectivity index (χ2v) is 8.66. The van der Waals surface area contributed by atoms with Gasteiger partial charge in [-0.05, 0) is 43.9 Å². The summed E-state index contributed by atoms with van der Waals surface area (Å²) < 4.78 is 1.28. The van der Waals surface area contributed by atoms with Gasteiger partial charge in [0.1, 0.15) is 0 Å². The normalized spacial score (nSPS) is 19.2. The highest BCUT2D eigenvalue weighted by molar-refractivity contribution is 7.22. The molecule has 5 nitrogen and oxygen atoms in total. The van der Waals surface area contributed by atoms with Crippen molar-refractivity contribution in [1.29, 1.82) is 0 Å². The smallest absolute Gasteiger partial charge is 0.317 e. The average Bonchev–Trinajstić information content (AvgIpc) is 3.07. The van der Waals surface area contributed by atoms with Gasteiger partial charge >= 0.3 is 6.03 Å². The number of hydrogen-bond donors (Lipinski definition) is 1. The van der Waals surface area contributed by atoms with Gasteiger partial charge in [0.15, 0.2) is 5.13 Å². The van der Waals surface area contributed by atoms with E-state index in [0.29, 0.717) is 6.04 Å². The third-order valence-electron chi connectivity index (χ3n) is 5.58. The number of rotatable bonds is 2. The lowest BCUT2D eigenvalue weighted by Gasteiger charge is -2.35. The minimum Gasteiger partial charge on any atom is -0.345 e. The molecule has 1 saturated carbocycles. The number of urea groups is 1. The van der Waals surface area contributed by atoms with Gasteiger partial charge in [-0.25, -0.2) is 9.78 Å². The third kappa shape index (κ3) is 3.65. The van der Waals surface area contributed by atoms with Crippen LogP contribution in [0, 0.1) is 13.8 Å². The molecule has 140 valence electrons. The molecule has 1 aliphatic heterocycles. The van der Waals surface area contributed by atoms with Crippen molar-refractivity contribution >= 4 is 32.7 Å². The second kappa shape index (κ2) is 7.43. The molecule has 0 unspecified atom stereocenters. The lowest BCUT2D eigenvalue weighted by Crippen LogP contribution is -2.53. The molecule has 2 heterocycles. The van der Waals surface area contributed by atoms with Crippen molar-refractivity contribution in [3.63, 3.8) is 0 Å². The molecule has 2 aromatic rings. The first kappa shape index (κ1) is 17.6. The predicted octanol–water partition coefficient (Wildman–Crippen LogP) is 4.08. The number of piperazine rings is 1. The maximum atomic E-state index is 12.5. The number of anilines is 1. The molecule has 2 amide bonds. The second-order valence-electron chi connectivity index (χ2n) is 7.69. The van der Waals surface area contributed by atoms with E-state index in [1.54, 1.807) is 11.3 Å². The molecule has 0 spiro atoms. The fraction of sp³-hybridized carbons (Fsp3) is 0.600. The molecule has 0 bridgehead atoms. The fourth-order valence-electron chi connectivity index (χ4n) is 4.11. The summed E-state index contributed by atoms with van der Waals surface area (Å²) in [4.78, 5) is 21.7. The van der Waals surface area contributed by atoms with Gasteiger partial charge in [-0.2, -0.15) is 0 Å². The Kier molecular flexibility index (Phi) is 5.02. The van der Waals surface area contributed by atoms with Crippen LogP contribution in [0.1, 0.15) is 43.2 Å². The van der Waals surface area contributed by atoms with Crippen LogP contribution in [-0.2, 0) is 0 Å². The van der Waals surface area contributed by atoms with Gasteiger partial charge in [-0.1, -0.05) is 36.7 Å². The predicted molar refractivity (Wildman–Crippen MR) is 108 cm³/mol. The van der Waals surface area contributed by atoms with Gasteiger partial charge in [0, 0.05) is 32.2 Å². The Labute approximate surface area is 159 Å². The van der Waals surface area contributed by atoms with Gasteiger partial charge in [-0.15, -0.1) is 0 Å². The number of aromatic nitrogens is 1. The standard InChI is InChI=1S/C20H28N4OS/c1-14-12-15(2)18-17(13-14)22-20(26-18)24-10-8-23(9-11-24)19(25)21-16-6-4-3-5-7-16/h12-13,16H,3-11H2,1-2H3,(H,21,25). The van der Waals surface area contributed by atoms with E-state index < -0.39 is 0 Å². The Morgan fingerprint density at radius 3 is 2.58 bits per heavy atom. The molecule has 1 aromatic carbocycles. The van der Waals surface area contributed by atoms with Crippen molar-refractivity contribution < 1.29 is 4.79 Å². The lowest BCUT2D eigenvalue weighted by atomic mass is 9.96. The number of amides is 2. The average molecular weight is 373 g/mol. The van der Waals surface area contributed by atoms with Crippen molar-refractivity contribution in [3.05, 3.63) is 23.3 Å². The zero-order valence-corrected chi connectivity index (χ0v) is 16.6. The number of aryl methyl sites for hydroxylation is 2. The molecule has 1 N–H and O–H groups in total. The minimum absolute atomic E-state index is 0.118. The molecule has 6 heteroatoms. The van der Waals surface area contributed by atoms with Crippen LogP contribution in [0.25, 0.3) is 10.2 Å². The Morgan fingerprint density at radius 1 is 1.12 bits per heavy atom. The van der Waals surface area contributed by atoms with Gasteiger partial charge in [0.25, 0.3) is 0 Å². The molecule has 26 heavy (non-hydrogen) atoms. The Hall–Kier alpha value is -1.82. The number of carbonyl (C=O) groups excluding carboxylic acids is 1. The minimum atomic E-state index is 0.118. The molecular weight excluding hydrogens is 344 g/mol. The summed E-state index contributed by atoms with van der Waals surface area (Å²) in [5.41, 5.74) is 3.66. The monoisotopic (exact) mass is 372 g/mol. The lowest BCUT2D eigenvalue weighted by molar-refractivity contribution is 0.186. The summed E-state index contributed by atoms with van der Waals surface area (Å²) >= 11 is 1.77. The molecule has 2 fully saturated rings. The molecule has 4 rings (SSSR count). The number of benzene rings is 1. The first-order valence-electron chi connectivity index (χ1n) is 9.78. The van der Waals surface area contributed by atoms with E-state index in [1.165, 1.54) is 35.1 Å². The van der Waals surface area contributed by atoms with Crippen molar-refractivity contribution in [2.75, 3.05) is 31.1 Å². The van der Waals surface area contributed by atoms with Crippen LogP contribution in [0.2, 0.25) is 0 Å². The van der Waals surface area contributed by atoms with Crippen LogP contribution in [0.15, 0.2) is 12.1 Å². The number of nitrogens with zero attached hydrogens (tertiary/aromatic N) is 3. The number of hydrogen-bond acceptors (Lipinski definition) is 4. The van der Waals surface area contributed by atoms with Gasteiger partial charge in [0.2, 0.25) is 0 Å². The quantitative estimate of drug-likeness (QED) is 0.864. The highest BCUT2D eigenvalue weighted by Gasteiger charge is 2.25. The number of fused-ring (bicyclic) bond motifs is 1. The van der Waals surface area contributed by atoms with Crippen LogP contribution < -0.4 is 10.2 Å². The van der Waals surface area contributed by atoms with E-state index in [9.17, 15) is 4.79 Å². The summed E-state index contributed by atoms with van der Waals surface area (Å²) in [7, 11) is 0. The SMILES string of the molecule is Cc1cc(C)c2sc(N3CCN(C(=O)NC4CCCCC4)CC3)nc2c1. The molecule has 2 aliphatic rings. The largest absolute Gasteiger partial charge is 0.345 e. The van der Waals surface area contributed by atoms with E-state index in [1.807, 2.05) is 4.90 Å². The Balaban J connectivity index is 1.37. The van der Waals surface area contributed by atoms with Crippen LogP contribution in [0.5, 0.6) is 0 Å². The zero-order valence-electron chi connectivity index (χ0n) is 15.8. The van der Waals surface area contributed by atoms with Crippen LogP contribution in [0.3, 0.4) is 0 Å². The van der Waals surface area contributed by atoms with Crippen LogP contribution in [0.4, 0.5) is 9.93 Å². The number of nitrogens with one attached hydrogen (secondary N) is 1. The summed E-state index contributed by atoms with van der Waals surface area (Å²) in [6.45, 7) is 7.53. The van der Waals surface area contributed by atoms with Crippen molar-refractivity contribution in [3.8, 4) is 0 Å². The first-order chi connectivity index (χ1) is 12.6. The van der Waals surface area contributed by atoms with Gasteiger partial charge in [-0.3, -0.25) is 0 Å². The van der Waals surface area contributed by atoms with E-state index in [-0.39, 0.29) is 6.03 Å². The van der Waals surface area contributed by atoms with E-state index in [0.717, 1.165) is 49.7 Å². The fourth-order valence-corrected chi connectivity index (χ4v) is 5.18. The van der Waals surface area contributed by atoms with Gasteiger partial charge < -0.3 is 15.1 Å². The molecule has 0 atom stereocenters.